The van der Waals surface area contributed by atoms with Crippen LogP contribution < -0.4 is 9.47 Å². The van der Waals surface area contributed by atoms with Crippen LogP contribution in [0.15, 0.2) is 6.07 Å². The molecule has 0 amide bonds. The zero-order valence-corrected chi connectivity index (χ0v) is 10.1. The molecule has 0 fully saturated rings. The average Bonchev–Trinajstić information content (AvgIpc) is 2.35. The van der Waals surface area contributed by atoms with E-state index in [9.17, 15) is 20.2 Å². The van der Waals surface area contributed by atoms with Crippen molar-refractivity contribution in [3.05, 3.63) is 31.9 Å². The van der Waals surface area contributed by atoms with E-state index in [0.29, 0.717) is 0 Å². The minimum atomic E-state index is -0.701. The summed E-state index contributed by atoms with van der Waals surface area (Å²) in [6.07, 6.45) is 0.146. The fraction of sp³-hybridized carbons (Fsp3) is 0.400. The first kappa shape index (κ1) is 13.7. The topological polar surface area (TPSA) is 105 Å². The summed E-state index contributed by atoms with van der Waals surface area (Å²) in [6.45, 7) is 1.60. The predicted octanol–water partition coefficient (Wildman–Crippen LogP) is 2.08. The number of nitrogens with zero attached hydrogens (tertiary/aromatic N) is 2. The molecule has 0 aromatic heterocycles. The van der Waals surface area contributed by atoms with Gasteiger partial charge in [0, 0.05) is 0 Å². The molecule has 0 spiro atoms. The van der Waals surface area contributed by atoms with Gasteiger partial charge in [-0.2, -0.15) is 0 Å². The number of hydrogen-bond donors (Lipinski definition) is 0. The Labute approximate surface area is 102 Å². The lowest BCUT2D eigenvalue weighted by atomic mass is 10.1. The second-order valence-electron chi connectivity index (χ2n) is 3.33. The van der Waals surface area contributed by atoms with E-state index in [2.05, 4.69) is 0 Å². The van der Waals surface area contributed by atoms with E-state index in [1.165, 1.54) is 14.2 Å². The van der Waals surface area contributed by atoms with Gasteiger partial charge in [0.1, 0.15) is 5.56 Å². The average molecular weight is 256 g/mol. The van der Waals surface area contributed by atoms with Gasteiger partial charge < -0.3 is 9.47 Å². The maximum absolute atomic E-state index is 11.1. The van der Waals surface area contributed by atoms with Crippen molar-refractivity contribution in [1.82, 2.24) is 0 Å². The minimum absolute atomic E-state index is 0.0163. The molecule has 0 radical (unpaired) electrons. The van der Waals surface area contributed by atoms with Crippen LogP contribution in [-0.2, 0) is 6.42 Å². The van der Waals surface area contributed by atoms with Gasteiger partial charge in [0.15, 0.2) is 5.75 Å². The third kappa shape index (κ3) is 2.17. The molecule has 0 unspecified atom stereocenters. The Balaban J connectivity index is 3.75. The van der Waals surface area contributed by atoms with Crippen LogP contribution in [0.3, 0.4) is 0 Å². The number of rotatable bonds is 5. The molecule has 1 aromatic rings. The smallest absolute Gasteiger partial charge is 0.324 e. The lowest BCUT2D eigenvalue weighted by molar-refractivity contribution is -0.396. The van der Waals surface area contributed by atoms with E-state index < -0.39 is 15.5 Å². The quantitative estimate of drug-likeness (QED) is 0.589. The van der Waals surface area contributed by atoms with Crippen LogP contribution in [0.2, 0.25) is 0 Å². The van der Waals surface area contributed by atoms with Gasteiger partial charge in [-0.25, -0.2) is 0 Å². The number of methoxy groups -OCH3 is 2. The van der Waals surface area contributed by atoms with Crippen LogP contribution in [0, 0.1) is 20.2 Å². The summed E-state index contributed by atoms with van der Waals surface area (Å²) in [5.74, 6) is -0.141. The molecule has 0 aliphatic carbocycles. The molecule has 1 rings (SSSR count). The highest BCUT2D eigenvalue weighted by atomic mass is 16.6. The third-order valence-corrected chi connectivity index (χ3v) is 2.46. The largest absolute Gasteiger partial charge is 0.492 e. The maximum atomic E-state index is 11.1. The Morgan fingerprint density at radius 2 is 1.78 bits per heavy atom. The molecule has 18 heavy (non-hydrogen) atoms. The Hall–Kier alpha value is -2.38. The van der Waals surface area contributed by atoms with Crippen LogP contribution in [0.5, 0.6) is 11.5 Å². The van der Waals surface area contributed by atoms with Gasteiger partial charge in [0.25, 0.3) is 5.69 Å². The summed E-state index contributed by atoms with van der Waals surface area (Å²) >= 11 is 0. The van der Waals surface area contributed by atoms with Crippen LogP contribution in [0.25, 0.3) is 0 Å². The first-order chi connectivity index (χ1) is 8.47. The maximum Gasteiger partial charge on any atom is 0.324 e. The summed E-state index contributed by atoms with van der Waals surface area (Å²) in [5.41, 5.74) is -0.754. The summed E-state index contributed by atoms with van der Waals surface area (Å²) in [5, 5.41) is 22.0. The van der Waals surface area contributed by atoms with Gasteiger partial charge in [0.05, 0.1) is 30.1 Å². The number of benzene rings is 1. The zero-order valence-electron chi connectivity index (χ0n) is 10.1. The summed E-state index contributed by atoms with van der Waals surface area (Å²) in [6, 6.07) is 1.13. The standard InChI is InChI=1S/C10H12N2O6/c1-4-6-7(11(13)14)5-8(17-2)10(18-3)9(6)12(15)16/h5H,4H2,1-3H3. The van der Waals surface area contributed by atoms with Crippen molar-refractivity contribution >= 4 is 11.4 Å². The lowest BCUT2D eigenvalue weighted by Gasteiger charge is -2.10. The molecule has 0 aliphatic heterocycles. The van der Waals surface area contributed by atoms with Crippen LogP contribution in [0.4, 0.5) is 11.4 Å². The van der Waals surface area contributed by atoms with Gasteiger partial charge in [0.2, 0.25) is 5.75 Å². The Morgan fingerprint density at radius 3 is 2.11 bits per heavy atom. The summed E-state index contributed by atoms with van der Waals surface area (Å²) < 4.78 is 9.80. The van der Waals surface area contributed by atoms with Gasteiger partial charge in [-0.3, -0.25) is 20.2 Å². The van der Waals surface area contributed by atoms with Crippen molar-refractivity contribution in [3.8, 4) is 11.5 Å². The molecular weight excluding hydrogens is 244 g/mol. The highest BCUT2D eigenvalue weighted by Gasteiger charge is 2.32. The highest BCUT2D eigenvalue weighted by Crippen LogP contribution is 2.44. The van der Waals surface area contributed by atoms with E-state index in [-0.39, 0.29) is 29.2 Å². The Morgan fingerprint density at radius 1 is 1.17 bits per heavy atom. The Kier molecular flexibility index (Phi) is 4.03. The molecule has 0 saturated heterocycles. The van der Waals surface area contributed by atoms with Crippen molar-refractivity contribution in [2.24, 2.45) is 0 Å². The van der Waals surface area contributed by atoms with Gasteiger partial charge >= 0.3 is 5.69 Å². The predicted molar refractivity (Wildman–Crippen MR) is 62.2 cm³/mol. The molecule has 0 atom stereocenters. The molecule has 0 aliphatic rings. The molecule has 98 valence electrons. The minimum Gasteiger partial charge on any atom is -0.492 e. The summed E-state index contributed by atoms with van der Waals surface area (Å²) in [4.78, 5) is 20.6. The second kappa shape index (κ2) is 5.30. The van der Waals surface area contributed by atoms with Crippen LogP contribution in [-0.4, -0.2) is 24.1 Å². The second-order valence-corrected chi connectivity index (χ2v) is 3.33. The van der Waals surface area contributed by atoms with Gasteiger partial charge in [-0.15, -0.1) is 0 Å². The van der Waals surface area contributed by atoms with Crippen molar-refractivity contribution < 1.29 is 19.3 Å². The number of hydrogen-bond acceptors (Lipinski definition) is 6. The van der Waals surface area contributed by atoms with Crippen molar-refractivity contribution in [2.75, 3.05) is 14.2 Å². The SMILES string of the molecule is CCc1c([N+](=O)[O-])cc(OC)c(OC)c1[N+](=O)[O-]. The highest BCUT2D eigenvalue weighted by molar-refractivity contribution is 5.68. The molecule has 0 saturated carbocycles. The fourth-order valence-electron chi connectivity index (χ4n) is 1.71. The molecule has 8 heteroatoms. The third-order valence-electron chi connectivity index (χ3n) is 2.46. The zero-order chi connectivity index (χ0) is 13.9. The molecule has 8 nitrogen and oxygen atoms in total. The molecule has 0 bridgehead atoms. The molecule has 0 N–H and O–H groups in total. The van der Waals surface area contributed by atoms with Crippen LogP contribution in [0.1, 0.15) is 12.5 Å². The van der Waals surface area contributed by atoms with Crippen molar-refractivity contribution in [3.63, 3.8) is 0 Å². The van der Waals surface area contributed by atoms with Gasteiger partial charge in [-0.05, 0) is 6.42 Å². The van der Waals surface area contributed by atoms with Crippen molar-refractivity contribution in [2.45, 2.75) is 13.3 Å². The lowest BCUT2D eigenvalue weighted by Crippen LogP contribution is -2.04. The van der Waals surface area contributed by atoms with Crippen LogP contribution >= 0.6 is 0 Å². The molecule has 1 aromatic carbocycles. The number of ether oxygens (including phenoxy) is 2. The fourth-order valence-corrected chi connectivity index (χ4v) is 1.71. The first-order valence-electron chi connectivity index (χ1n) is 5.04. The number of nitro benzene ring substituents is 2. The van der Waals surface area contributed by atoms with Crippen molar-refractivity contribution in [1.29, 1.82) is 0 Å². The van der Waals surface area contributed by atoms with E-state index in [0.717, 1.165) is 6.07 Å². The van der Waals surface area contributed by atoms with E-state index >= 15 is 0 Å². The van der Waals surface area contributed by atoms with E-state index in [1.54, 1.807) is 6.92 Å². The van der Waals surface area contributed by atoms with E-state index in [4.69, 9.17) is 9.47 Å². The first-order valence-corrected chi connectivity index (χ1v) is 5.04. The normalized spacial score (nSPS) is 9.94. The van der Waals surface area contributed by atoms with Gasteiger partial charge in [-0.1, -0.05) is 6.92 Å². The monoisotopic (exact) mass is 256 g/mol. The summed E-state index contributed by atoms with van der Waals surface area (Å²) in [7, 11) is 2.51. The molecule has 0 heterocycles. The van der Waals surface area contributed by atoms with E-state index in [1.807, 2.05) is 0 Å². The number of nitro groups is 2. The molecular formula is C10H12N2O6. The Bertz CT molecular complexity index is 500.